The topological polar surface area (TPSA) is 17.1 Å². The summed E-state index contributed by atoms with van der Waals surface area (Å²) in [5.41, 5.74) is 0.967. The molecule has 0 heterocycles. The second-order valence-corrected chi connectivity index (χ2v) is 3.55. The number of carbonyl (C=O) groups is 1. The first-order valence-electron chi connectivity index (χ1n) is 4.60. The molecule has 1 aromatic rings. The Balaban J connectivity index is 2.60. The van der Waals surface area contributed by atoms with Gasteiger partial charge in [0, 0.05) is 17.5 Å². The maximum atomic E-state index is 13.4. The SMILES string of the molecule is O=Cc1cccc2c1CCCC2(F)F. The first kappa shape index (κ1) is 9.31. The fraction of sp³-hybridized carbons (Fsp3) is 0.364. The van der Waals surface area contributed by atoms with Gasteiger partial charge in [0.05, 0.1) is 0 Å². The molecule has 0 amide bonds. The van der Waals surface area contributed by atoms with Crippen molar-refractivity contribution < 1.29 is 13.6 Å². The molecule has 74 valence electrons. The van der Waals surface area contributed by atoms with Crippen LogP contribution in [0.4, 0.5) is 8.78 Å². The third-order valence-electron chi connectivity index (χ3n) is 2.65. The van der Waals surface area contributed by atoms with Crippen LogP contribution in [0.15, 0.2) is 18.2 Å². The van der Waals surface area contributed by atoms with Crippen molar-refractivity contribution in [2.24, 2.45) is 0 Å². The average molecular weight is 196 g/mol. The van der Waals surface area contributed by atoms with E-state index in [9.17, 15) is 13.6 Å². The number of rotatable bonds is 1. The van der Waals surface area contributed by atoms with Crippen LogP contribution in [0.25, 0.3) is 0 Å². The molecule has 0 atom stereocenters. The lowest BCUT2D eigenvalue weighted by atomic mass is 9.86. The number of benzene rings is 1. The summed E-state index contributed by atoms with van der Waals surface area (Å²) in [6.07, 6.45) is 1.58. The van der Waals surface area contributed by atoms with E-state index in [-0.39, 0.29) is 12.0 Å². The van der Waals surface area contributed by atoms with Gasteiger partial charge in [-0.05, 0) is 18.4 Å². The van der Waals surface area contributed by atoms with Crippen molar-refractivity contribution in [1.29, 1.82) is 0 Å². The predicted octanol–water partition coefficient (Wildman–Crippen LogP) is 2.93. The van der Waals surface area contributed by atoms with E-state index in [2.05, 4.69) is 0 Å². The highest BCUT2D eigenvalue weighted by atomic mass is 19.3. The molecule has 0 saturated heterocycles. The molecule has 0 unspecified atom stereocenters. The summed E-state index contributed by atoms with van der Waals surface area (Å²) in [4.78, 5) is 10.6. The summed E-state index contributed by atoms with van der Waals surface area (Å²) in [5, 5.41) is 0. The standard InChI is InChI=1S/C11H10F2O/c12-11(13)6-2-4-9-8(7-14)3-1-5-10(9)11/h1,3,5,7H,2,4,6H2. The normalized spacial score (nSPS) is 18.7. The van der Waals surface area contributed by atoms with Gasteiger partial charge in [0.2, 0.25) is 0 Å². The number of hydrogen-bond donors (Lipinski definition) is 0. The minimum Gasteiger partial charge on any atom is -0.298 e. The highest BCUT2D eigenvalue weighted by Crippen LogP contribution is 2.40. The molecule has 1 aliphatic rings. The van der Waals surface area contributed by atoms with Gasteiger partial charge in [0.25, 0.3) is 5.92 Å². The van der Waals surface area contributed by atoms with Crippen molar-refractivity contribution in [3.05, 3.63) is 34.9 Å². The maximum Gasteiger partial charge on any atom is 0.273 e. The minimum atomic E-state index is -2.76. The Hall–Kier alpha value is -1.25. The Labute approximate surface area is 80.7 Å². The number of carbonyl (C=O) groups excluding carboxylic acids is 1. The van der Waals surface area contributed by atoms with Crippen molar-refractivity contribution in [1.82, 2.24) is 0 Å². The Bertz CT molecular complexity index is 372. The zero-order valence-corrected chi connectivity index (χ0v) is 7.59. The van der Waals surface area contributed by atoms with Crippen molar-refractivity contribution in [2.45, 2.75) is 25.2 Å². The molecule has 0 fully saturated rings. The van der Waals surface area contributed by atoms with Gasteiger partial charge in [-0.3, -0.25) is 4.79 Å². The summed E-state index contributed by atoms with van der Waals surface area (Å²) in [5.74, 6) is -2.76. The van der Waals surface area contributed by atoms with E-state index in [0.717, 1.165) is 0 Å². The molecule has 1 aromatic carbocycles. The second kappa shape index (κ2) is 3.15. The van der Waals surface area contributed by atoms with Gasteiger partial charge in [-0.1, -0.05) is 18.2 Å². The van der Waals surface area contributed by atoms with Crippen molar-refractivity contribution in [3.8, 4) is 0 Å². The fourth-order valence-electron chi connectivity index (χ4n) is 1.96. The van der Waals surface area contributed by atoms with Crippen LogP contribution in [-0.4, -0.2) is 6.29 Å². The molecule has 0 aliphatic heterocycles. The quantitative estimate of drug-likeness (QED) is 0.631. The number of alkyl halides is 2. The summed E-state index contributed by atoms with van der Waals surface area (Å²) in [6.45, 7) is 0. The van der Waals surface area contributed by atoms with E-state index in [1.807, 2.05) is 0 Å². The smallest absolute Gasteiger partial charge is 0.273 e. The van der Waals surface area contributed by atoms with E-state index in [1.165, 1.54) is 12.1 Å². The Morgan fingerprint density at radius 3 is 2.86 bits per heavy atom. The van der Waals surface area contributed by atoms with Gasteiger partial charge in [-0.25, -0.2) is 8.78 Å². The van der Waals surface area contributed by atoms with Gasteiger partial charge in [0.15, 0.2) is 0 Å². The highest BCUT2D eigenvalue weighted by molar-refractivity contribution is 5.78. The molecule has 1 aliphatic carbocycles. The Kier molecular flexibility index (Phi) is 2.10. The van der Waals surface area contributed by atoms with E-state index >= 15 is 0 Å². The number of fused-ring (bicyclic) bond motifs is 1. The van der Waals surface area contributed by atoms with Gasteiger partial charge < -0.3 is 0 Å². The molecule has 2 rings (SSSR count). The maximum absolute atomic E-state index is 13.4. The largest absolute Gasteiger partial charge is 0.298 e. The lowest BCUT2D eigenvalue weighted by molar-refractivity contribution is -0.0217. The third-order valence-corrected chi connectivity index (χ3v) is 2.65. The van der Waals surface area contributed by atoms with Crippen LogP contribution in [0.5, 0.6) is 0 Å². The zero-order valence-electron chi connectivity index (χ0n) is 7.59. The van der Waals surface area contributed by atoms with Gasteiger partial charge in [-0.15, -0.1) is 0 Å². The summed E-state index contributed by atoms with van der Waals surface area (Å²) in [6, 6.07) is 4.52. The molecule has 0 saturated carbocycles. The Morgan fingerprint density at radius 2 is 2.14 bits per heavy atom. The van der Waals surface area contributed by atoms with E-state index in [4.69, 9.17) is 0 Å². The molecule has 1 nitrogen and oxygen atoms in total. The summed E-state index contributed by atoms with van der Waals surface area (Å²) >= 11 is 0. The van der Waals surface area contributed by atoms with Crippen LogP contribution in [0, 0.1) is 0 Å². The fourth-order valence-corrected chi connectivity index (χ4v) is 1.96. The second-order valence-electron chi connectivity index (χ2n) is 3.55. The number of hydrogen-bond acceptors (Lipinski definition) is 1. The molecule has 0 bridgehead atoms. The predicted molar refractivity (Wildman–Crippen MR) is 48.7 cm³/mol. The van der Waals surface area contributed by atoms with Crippen LogP contribution < -0.4 is 0 Å². The molecular weight excluding hydrogens is 186 g/mol. The lowest BCUT2D eigenvalue weighted by Crippen LogP contribution is -2.21. The molecule has 0 spiro atoms. The van der Waals surface area contributed by atoms with Crippen LogP contribution in [0.1, 0.15) is 34.3 Å². The van der Waals surface area contributed by atoms with Gasteiger partial charge in [0.1, 0.15) is 6.29 Å². The number of halogens is 2. The number of aldehydes is 1. The molecular formula is C11H10F2O. The van der Waals surface area contributed by atoms with Crippen molar-refractivity contribution in [3.63, 3.8) is 0 Å². The highest BCUT2D eigenvalue weighted by Gasteiger charge is 2.37. The zero-order chi connectivity index (χ0) is 10.2. The molecule has 14 heavy (non-hydrogen) atoms. The molecule has 0 N–H and O–H groups in total. The molecule has 3 heteroatoms. The molecule has 0 aromatic heterocycles. The third kappa shape index (κ3) is 1.33. The first-order valence-corrected chi connectivity index (χ1v) is 4.60. The van der Waals surface area contributed by atoms with E-state index in [1.54, 1.807) is 6.07 Å². The average Bonchev–Trinajstić information content (AvgIpc) is 2.17. The van der Waals surface area contributed by atoms with Gasteiger partial charge in [-0.2, -0.15) is 0 Å². The lowest BCUT2D eigenvalue weighted by Gasteiger charge is -2.25. The van der Waals surface area contributed by atoms with Crippen LogP contribution >= 0.6 is 0 Å². The van der Waals surface area contributed by atoms with Crippen LogP contribution in [0.2, 0.25) is 0 Å². The monoisotopic (exact) mass is 196 g/mol. The van der Waals surface area contributed by atoms with Gasteiger partial charge >= 0.3 is 0 Å². The molecule has 0 radical (unpaired) electrons. The van der Waals surface area contributed by atoms with Crippen LogP contribution in [-0.2, 0) is 12.3 Å². The summed E-state index contributed by atoms with van der Waals surface area (Å²) < 4.78 is 26.8. The Morgan fingerprint density at radius 1 is 1.36 bits per heavy atom. The van der Waals surface area contributed by atoms with E-state index < -0.39 is 5.92 Å². The van der Waals surface area contributed by atoms with E-state index in [0.29, 0.717) is 30.3 Å². The minimum absolute atomic E-state index is 0.0355. The summed E-state index contributed by atoms with van der Waals surface area (Å²) in [7, 11) is 0. The van der Waals surface area contributed by atoms with Crippen molar-refractivity contribution in [2.75, 3.05) is 0 Å². The first-order chi connectivity index (χ1) is 6.65. The van der Waals surface area contributed by atoms with Crippen LogP contribution in [0.3, 0.4) is 0 Å². The van der Waals surface area contributed by atoms with Crippen molar-refractivity contribution >= 4 is 6.29 Å².